The highest BCUT2D eigenvalue weighted by Gasteiger charge is 2.11. The van der Waals surface area contributed by atoms with Crippen LogP contribution >= 0.6 is 22.6 Å². The van der Waals surface area contributed by atoms with Crippen LogP contribution in [0.1, 0.15) is 5.56 Å². The maximum Gasteiger partial charge on any atom is 0.201 e. The van der Waals surface area contributed by atoms with Crippen LogP contribution in [0.2, 0.25) is 0 Å². The van der Waals surface area contributed by atoms with Crippen molar-refractivity contribution < 1.29 is 8.42 Å². The van der Waals surface area contributed by atoms with Crippen molar-refractivity contribution in [2.24, 2.45) is 0 Å². The van der Waals surface area contributed by atoms with Crippen molar-refractivity contribution in [1.29, 1.82) is 5.26 Å². The number of allylic oxidation sites excluding steroid dienone is 1. The Hall–Kier alpha value is -0.870. The second kappa shape index (κ2) is 4.77. The molecule has 1 aromatic carbocycles. The van der Waals surface area contributed by atoms with E-state index in [1.807, 2.05) is 6.92 Å². The molecule has 5 heteroatoms. The Labute approximate surface area is 102 Å². The zero-order valence-electron chi connectivity index (χ0n) is 7.94. The van der Waals surface area contributed by atoms with E-state index in [-0.39, 0.29) is 8.48 Å². The van der Waals surface area contributed by atoms with Crippen LogP contribution in [-0.4, -0.2) is 8.42 Å². The lowest BCUT2D eigenvalue weighted by Crippen LogP contribution is -1.96. The highest BCUT2D eigenvalue weighted by molar-refractivity contribution is 14.1. The minimum absolute atomic E-state index is 0.146. The molecule has 0 aromatic heterocycles. The third kappa shape index (κ3) is 3.32. The van der Waals surface area contributed by atoms with Crippen LogP contribution in [0, 0.1) is 18.3 Å². The van der Waals surface area contributed by atoms with Crippen LogP contribution in [0.25, 0.3) is 0 Å². The maximum absolute atomic E-state index is 11.7. The van der Waals surface area contributed by atoms with Gasteiger partial charge in [-0.25, -0.2) is 8.42 Å². The molecular weight excluding hydrogens is 325 g/mol. The van der Waals surface area contributed by atoms with Crippen molar-refractivity contribution in [2.75, 3.05) is 0 Å². The number of halogens is 1. The average Bonchev–Trinajstić information content (AvgIpc) is 2.17. The standard InChI is InChI=1S/C10H8INO2S/c1-8-2-4-10(5-3-8)15(13,14)7-9(11)6-12/h2-5,7H,1H3. The van der Waals surface area contributed by atoms with Crippen LogP contribution < -0.4 is 0 Å². The summed E-state index contributed by atoms with van der Waals surface area (Å²) in [5, 5.41) is 9.47. The minimum atomic E-state index is -3.48. The molecule has 0 bridgehead atoms. The number of rotatable bonds is 2. The van der Waals surface area contributed by atoms with Gasteiger partial charge in [0, 0.05) is 0 Å². The maximum atomic E-state index is 11.7. The molecule has 1 aromatic rings. The summed E-state index contributed by atoms with van der Waals surface area (Å²) >= 11 is 1.69. The van der Waals surface area contributed by atoms with Crippen LogP contribution in [-0.2, 0) is 9.84 Å². The molecule has 15 heavy (non-hydrogen) atoms. The van der Waals surface area contributed by atoms with Crippen molar-refractivity contribution in [3.8, 4) is 6.07 Å². The van der Waals surface area contributed by atoms with Gasteiger partial charge in [-0.1, -0.05) is 17.7 Å². The molecule has 0 atom stereocenters. The van der Waals surface area contributed by atoms with Gasteiger partial charge in [-0.3, -0.25) is 0 Å². The summed E-state index contributed by atoms with van der Waals surface area (Å²) in [7, 11) is -3.48. The average molecular weight is 333 g/mol. The first-order valence-corrected chi connectivity index (χ1v) is 6.67. The summed E-state index contributed by atoms with van der Waals surface area (Å²) in [4.78, 5) is 0.206. The summed E-state index contributed by atoms with van der Waals surface area (Å²) in [5.74, 6) is 0. The lowest BCUT2D eigenvalue weighted by Gasteiger charge is -1.99. The number of hydrogen-bond acceptors (Lipinski definition) is 3. The zero-order valence-corrected chi connectivity index (χ0v) is 10.9. The van der Waals surface area contributed by atoms with E-state index in [4.69, 9.17) is 5.26 Å². The molecule has 0 aliphatic rings. The van der Waals surface area contributed by atoms with E-state index in [1.54, 1.807) is 40.8 Å². The van der Waals surface area contributed by atoms with Crippen molar-refractivity contribution in [3.63, 3.8) is 0 Å². The quantitative estimate of drug-likeness (QED) is 0.617. The van der Waals surface area contributed by atoms with Crippen molar-refractivity contribution in [3.05, 3.63) is 38.8 Å². The fourth-order valence-electron chi connectivity index (χ4n) is 0.959. The smallest absolute Gasteiger partial charge is 0.201 e. The Morgan fingerprint density at radius 1 is 1.40 bits per heavy atom. The zero-order chi connectivity index (χ0) is 11.5. The normalized spacial score (nSPS) is 12.2. The number of sulfone groups is 1. The van der Waals surface area contributed by atoms with Gasteiger partial charge in [0.05, 0.1) is 10.3 Å². The Balaban J connectivity index is 3.20. The van der Waals surface area contributed by atoms with E-state index < -0.39 is 9.84 Å². The third-order valence-electron chi connectivity index (χ3n) is 1.71. The van der Waals surface area contributed by atoms with Gasteiger partial charge >= 0.3 is 0 Å². The lowest BCUT2D eigenvalue weighted by atomic mass is 10.2. The molecule has 0 heterocycles. The molecule has 0 fully saturated rings. The van der Waals surface area contributed by atoms with Crippen molar-refractivity contribution in [2.45, 2.75) is 11.8 Å². The van der Waals surface area contributed by atoms with Gasteiger partial charge in [-0.2, -0.15) is 5.26 Å². The Kier molecular flexibility index (Phi) is 3.88. The molecule has 0 N–H and O–H groups in total. The monoisotopic (exact) mass is 333 g/mol. The molecule has 1 rings (SSSR count). The fraction of sp³-hybridized carbons (Fsp3) is 0.100. The summed E-state index contributed by atoms with van der Waals surface area (Å²) in [6, 6.07) is 8.28. The first kappa shape index (κ1) is 12.2. The van der Waals surface area contributed by atoms with E-state index in [0.717, 1.165) is 11.0 Å². The van der Waals surface area contributed by atoms with Gasteiger partial charge in [-0.15, -0.1) is 0 Å². The van der Waals surface area contributed by atoms with Gasteiger partial charge in [0.25, 0.3) is 0 Å². The number of nitriles is 1. The molecule has 78 valence electrons. The molecule has 0 aliphatic carbocycles. The predicted molar refractivity (Wildman–Crippen MR) is 66.1 cm³/mol. The summed E-state index contributed by atoms with van der Waals surface area (Å²) < 4.78 is 23.5. The fourth-order valence-corrected chi connectivity index (χ4v) is 2.94. The van der Waals surface area contributed by atoms with Crippen molar-refractivity contribution in [1.82, 2.24) is 0 Å². The minimum Gasteiger partial charge on any atom is -0.219 e. The molecule has 0 unspecified atom stereocenters. The van der Waals surface area contributed by atoms with Gasteiger partial charge < -0.3 is 0 Å². The van der Waals surface area contributed by atoms with Gasteiger partial charge in [0.1, 0.15) is 9.65 Å². The molecule has 0 amide bonds. The Morgan fingerprint density at radius 3 is 2.40 bits per heavy atom. The van der Waals surface area contributed by atoms with Crippen LogP contribution in [0.4, 0.5) is 0 Å². The topological polar surface area (TPSA) is 57.9 Å². The largest absolute Gasteiger partial charge is 0.219 e. The van der Waals surface area contributed by atoms with Crippen LogP contribution in [0.5, 0.6) is 0 Å². The van der Waals surface area contributed by atoms with Gasteiger partial charge in [0.15, 0.2) is 0 Å². The van der Waals surface area contributed by atoms with E-state index in [0.29, 0.717) is 0 Å². The summed E-state index contributed by atoms with van der Waals surface area (Å²) in [6.07, 6.45) is 0. The molecule has 0 spiro atoms. The second-order valence-corrected chi connectivity index (χ2v) is 5.89. The Bertz CT molecular complexity index is 524. The van der Waals surface area contributed by atoms with Crippen molar-refractivity contribution >= 4 is 32.4 Å². The number of nitrogens with zero attached hydrogens (tertiary/aromatic N) is 1. The van der Waals surface area contributed by atoms with E-state index in [1.165, 1.54) is 12.1 Å². The number of benzene rings is 1. The van der Waals surface area contributed by atoms with Crippen LogP contribution in [0.15, 0.2) is 38.1 Å². The summed E-state index contributed by atoms with van der Waals surface area (Å²) in [5.41, 5.74) is 0.993. The first-order valence-electron chi connectivity index (χ1n) is 4.05. The second-order valence-electron chi connectivity index (χ2n) is 2.94. The first-order chi connectivity index (χ1) is 6.95. The molecule has 0 aliphatic heterocycles. The molecule has 0 saturated carbocycles. The van der Waals surface area contributed by atoms with Gasteiger partial charge in [-0.05, 0) is 41.6 Å². The summed E-state index contributed by atoms with van der Waals surface area (Å²) in [6.45, 7) is 1.88. The Morgan fingerprint density at radius 2 is 1.93 bits per heavy atom. The molecule has 3 nitrogen and oxygen atoms in total. The SMILES string of the molecule is Cc1ccc(S(=O)(=O)C=C(I)C#N)cc1. The predicted octanol–water partition coefficient (Wildman–Crippen LogP) is 2.57. The van der Waals surface area contributed by atoms with E-state index in [9.17, 15) is 8.42 Å². The van der Waals surface area contributed by atoms with E-state index >= 15 is 0 Å². The van der Waals surface area contributed by atoms with Gasteiger partial charge in [0.2, 0.25) is 9.84 Å². The lowest BCUT2D eigenvalue weighted by molar-refractivity contribution is 0.604. The number of aryl methyl sites for hydroxylation is 1. The molecule has 0 radical (unpaired) electrons. The molecule has 0 saturated heterocycles. The molecular formula is C10H8INO2S. The highest BCUT2D eigenvalue weighted by atomic mass is 127. The third-order valence-corrected chi connectivity index (χ3v) is 4.17. The van der Waals surface area contributed by atoms with Crippen LogP contribution in [0.3, 0.4) is 0 Å². The van der Waals surface area contributed by atoms with E-state index in [2.05, 4.69) is 0 Å². The highest BCUT2D eigenvalue weighted by Crippen LogP contribution is 2.16. The number of hydrogen-bond donors (Lipinski definition) is 0.